The van der Waals surface area contributed by atoms with Crippen LogP contribution in [0.15, 0.2) is 60.0 Å². The number of hydrogen-bond acceptors (Lipinski definition) is 4. The first-order valence-electron chi connectivity index (χ1n) is 12.7. The first-order valence-corrected chi connectivity index (χ1v) is 13.6. The Balaban J connectivity index is 1.50. The Morgan fingerprint density at radius 1 is 1.16 bits per heavy atom. The number of fused-ring (bicyclic) bond motifs is 1. The van der Waals surface area contributed by atoms with E-state index >= 15 is 0 Å². The van der Waals surface area contributed by atoms with Crippen molar-refractivity contribution in [2.24, 2.45) is 5.92 Å². The molecule has 1 N–H and O–H groups in total. The maximum Gasteiger partial charge on any atom is 0.322 e. The average Bonchev–Trinajstić information content (AvgIpc) is 3.38. The van der Waals surface area contributed by atoms with E-state index in [0.29, 0.717) is 24.5 Å². The summed E-state index contributed by atoms with van der Waals surface area (Å²) < 4.78 is 19.3. The van der Waals surface area contributed by atoms with Crippen LogP contribution in [0.4, 0.5) is 14.9 Å². The summed E-state index contributed by atoms with van der Waals surface area (Å²) in [6.07, 6.45) is 1.67. The molecule has 4 rings (SSSR count). The van der Waals surface area contributed by atoms with E-state index < -0.39 is 0 Å². The zero-order valence-electron chi connectivity index (χ0n) is 21.6. The number of ether oxygens (including phenoxy) is 1. The van der Waals surface area contributed by atoms with Gasteiger partial charge in [-0.15, -0.1) is 11.3 Å². The number of anilines is 1. The van der Waals surface area contributed by atoms with Crippen LogP contribution in [0, 0.1) is 18.7 Å². The zero-order valence-corrected chi connectivity index (χ0v) is 22.4. The summed E-state index contributed by atoms with van der Waals surface area (Å²) in [5.41, 5.74) is 2.88. The first kappa shape index (κ1) is 26.7. The van der Waals surface area contributed by atoms with E-state index in [1.807, 2.05) is 47.5 Å². The Kier molecular flexibility index (Phi) is 8.82. The monoisotopic (exact) mass is 523 g/mol. The van der Waals surface area contributed by atoms with Gasteiger partial charge >= 0.3 is 6.03 Å². The van der Waals surface area contributed by atoms with Crippen molar-refractivity contribution in [3.05, 3.63) is 81.8 Å². The van der Waals surface area contributed by atoms with Crippen molar-refractivity contribution in [1.29, 1.82) is 0 Å². The first-order chi connectivity index (χ1) is 17.8. The van der Waals surface area contributed by atoms with Crippen LogP contribution in [0.2, 0.25) is 0 Å². The summed E-state index contributed by atoms with van der Waals surface area (Å²) >= 11 is 1.68. The number of amides is 3. The van der Waals surface area contributed by atoms with Crippen molar-refractivity contribution in [3.63, 3.8) is 0 Å². The molecule has 0 saturated carbocycles. The van der Waals surface area contributed by atoms with Crippen molar-refractivity contribution >= 4 is 29.0 Å². The molecule has 1 aliphatic rings. The van der Waals surface area contributed by atoms with E-state index in [4.69, 9.17) is 4.74 Å². The number of benzene rings is 2. The lowest BCUT2D eigenvalue weighted by Crippen LogP contribution is -2.49. The van der Waals surface area contributed by atoms with Gasteiger partial charge in [-0.25, -0.2) is 9.18 Å². The van der Waals surface area contributed by atoms with Crippen molar-refractivity contribution in [2.45, 2.75) is 39.7 Å². The van der Waals surface area contributed by atoms with Crippen LogP contribution >= 0.6 is 11.3 Å². The van der Waals surface area contributed by atoms with Gasteiger partial charge in [-0.2, -0.15) is 0 Å². The number of urea groups is 1. The summed E-state index contributed by atoms with van der Waals surface area (Å²) in [6.45, 7) is 7.42. The highest BCUT2D eigenvalue weighted by Crippen LogP contribution is 2.34. The van der Waals surface area contributed by atoms with Gasteiger partial charge in [-0.1, -0.05) is 38.0 Å². The van der Waals surface area contributed by atoms with Gasteiger partial charge in [0, 0.05) is 23.7 Å². The molecule has 37 heavy (non-hydrogen) atoms. The molecule has 2 aromatic carbocycles. The molecule has 3 amide bonds. The topological polar surface area (TPSA) is 61.9 Å². The minimum atomic E-state index is -0.327. The molecular formula is C29H34FN3O3S. The third-order valence-electron chi connectivity index (χ3n) is 6.78. The molecule has 2 heterocycles. The number of hydrogen-bond donors (Lipinski definition) is 1. The lowest BCUT2D eigenvalue weighted by atomic mass is 10.00. The molecule has 0 bridgehead atoms. The number of nitrogens with zero attached hydrogens (tertiary/aromatic N) is 2. The molecule has 0 saturated heterocycles. The number of thiophene rings is 1. The summed E-state index contributed by atoms with van der Waals surface area (Å²) in [5, 5.41) is 4.98. The van der Waals surface area contributed by atoms with Crippen LogP contribution < -0.4 is 10.1 Å². The Labute approximate surface area is 222 Å². The van der Waals surface area contributed by atoms with Crippen LogP contribution in [-0.2, 0) is 11.2 Å². The molecular weight excluding hydrogens is 489 g/mol. The van der Waals surface area contributed by atoms with E-state index in [1.165, 1.54) is 17.0 Å². The smallest absolute Gasteiger partial charge is 0.322 e. The van der Waals surface area contributed by atoms with Crippen LogP contribution in [0.5, 0.6) is 5.75 Å². The summed E-state index contributed by atoms with van der Waals surface area (Å²) in [4.78, 5) is 31.6. The fourth-order valence-electron chi connectivity index (χ4n) is 4.40. The maximum absolute atomic E-state index is 13.7. The Morgan fingerprint density at radius 3 is 2.59 bits per heavy atom. The SMILES string of the molecule is CC[C@H](C)CN(CC(=O)N1CCc2sccc2[C@@H]1COc1ccc(F)cc1)C(=O)Nc1ccc(C)cc1. The van der Waals surface area contributed by atoms with Gasteiger partial charge in [0.25, 0.3) is 0 Å². The molecule has 3 aromatic rings. The van der Waals surface area contributed by atoms with E-state index in [1.54, 1.807) is 28.4 Å². The number of carbonyl (C=O) groups excluding carboxylic acids is 2. The fraction of sp³-hybridized carbons (Fsp3) is 0.379. The molecule has 0 unspecified atom stereocenters. The van der Waals surface area contributed by atoms with Gasteiger partial charge in [-0.3, -0.25) is 4.79 Å². The van der Waals surface area contributed by atoms with E-state index in [9.17, 15) is 14.0 Å². The molecule has 1 aromatic heterocycles. The highest BCUT2D eigenvalue weighted by molar-refractivity contribution is 7.10. The number of carbonyl (C=O) groups is 2. The van der Waals surface area contributed by atoms with Gasteiger partial charge < -0.3 is 19.9 Å². The van der Waals surface area contributed by atoms with Crippen LogP contribution in [0.3, 0.4) is 0 Å². The van der Waals surface area contributed by atoms with Gasteiger partial charge in [0.15, 0.2) is 0 Å². The molecule has 8 heteroatoms. The average molecular weight is 524 g/mol. The minimum Gasteiger partial charge on any atom is -0.491 e. The second-order valence-electron chi connectivity index (χ2n) is 9.61. The fourth-order valence-corrected chi connectivity index (χ4v) is 5.33. The molecule has 2 atom stereocenters. The number of rotatable bonds is 9. The van der Waals surface area contributed by atoms with Gasteiger partial charge in [0.1, 0.15) is 24.7 Å². The van der Waals surface area contributed by atoms with E-state index in [-0.39, 0.29) is 42.9 Å². The van der Waals surface area contributed by atoms with Crippen LogP contribution in [0.1, 0.15) is 42.3 Å². The second-order valence-corrected chi connectivity index (χ2v) is 10.6. The molecule has 1 aliphatic heterocycles. The Hall–Kier alpha value is -3.39. The summed E-state index contributed by atoms with van der Waals surface area (Å²) in [6, 6.07) is 15.0. The lowest BCUT2D eigenvalue weighted by molar-refractivity contribution is -0.135. The predicted octanol–water partition coefficient (Wildman–Crippen LogP) is 6.28. The molecule has 0 spiro atoms. The number of halogens is 1. The van der Waals surface area contributed by atoms with Gasteiger partial charge in [0.05, 0.1) is 6.04 Å². The summed E-state index contributed by atoms with van der Waals surface area (Å²) in [5.74, 6) is 0.352. The standard InChI is InChI=1S/C29H34FN3O3S/c1-4-20(2)17-32(29(35)31-23-9-5-21(3)6-10-23)18-28(34)33-15-13-27-25(14-16-37-27)26(33)19-36-24-11-7-22(30)8-12-24/h5-12,14,16,20,26H,4,13,15,17-19H2,1-3H3,(H,31,35)/t20-,26-/m0/s1. The predicted molar refractivity (Wildman–Crippen MR) is 146 cm³/mol. The number of nitrogens with one attached hydrogen (secondary N) is 1. The Morgan fingerprint density at radius 2 is 1.89 bits per heavy atom. The summed E-state index contributed by atoms with van der Waals surface area (Å²) in [7, 11) is 0. The quantitative estimate of drug-likeness (QED) is 0.359. The second kappa shape index (κ2) is 12.2. The molecule has 196 valence electrons. The minimum absolute atomic E-state index is 0.0193. The van der Waals surface area contributed by atoms with Crippen molar-refractivity contribution < 1.29 is 18.7 Å². The van der Waals surface area contributed by atoms with E-state index in [2.05, 4.69) is 19.2 Å². The Bertz CT molecular complexity index is 1200. The van der Waals surface area contributed by atoms with Gasteiger partial charge in [-0.05, 0) is 72.7 Å². The third-order valence-corrected chi connectivity index (χ3v) is 7.78. The zero-order chi connectivity index (χ0) is 26.4. The lowest BCUT2D eigenvalue weighted by Gasteiger charge is -2.37. The molecule has 0 radical (unpaired) electrons. The number of aryl methyl sites for hydroxylation is 1. The van der Waals surface area contributed by atoms with Crippen molar-refractivity contribution in [3.8, 4) is 5.75 Å². The highest BCUT2D eigenvalue weighted by atomic mass is 32.1. The van der Waals surface area contributed by atoms with Crippen LogP contribution in [0.25, 0.3) is 0 Å². The molecule has 6 nitrogen and oxygen atoms in total. The molecule has 0 fully saturated rings. The van der Waals surface area contributed by atoms with E-state index in [0.717, 1.165) is 24.0 Å². The van der Waals surface area contributed by atoms with Crippen molar-refractivity contribution in [1.82, 2.24) is 9.80 Å². The van der Waals surface area contributed by atoms with Crippen molar-refractivity contribution in [2.75, 3.05) is 31.6 Å². The highest BCUT2D eigenvalue weighted by Gasteiger charge is 2.33. The van der Waals surface area contributed by atoms with Crippen LogP contribution in [-0.4, -0.2) is 48.0 Å². The van der Waals surface area contributed by atoms with Gasteiger partial charge in [0.2, 0.25) is 5.91 Å². The largest absolute Gasteiger partial charge is 0.491 e. The molecule has 0 aliphatic carbocycles. The normalized spacial score (nSPS) is 15.6. The maximum atomic E-state index is 13.7. The third kappa shape index (κ3) is 6.89.